The lowest BCUT2D eigenvalue weighted by molar-refractivity contribution is -0.385. The van der Waals surface area contributed by atoms with Crippen LogP contribution in [0.15, 0.2) is 23.1 Å². The summed E-state index contributed by atoms with van der Waals surface area (Å²) >= 11 is 0. The van der Waals surface area contributed by atoms with E-state index in [2.05, 4.69) is 5.32 Å². The molecule has 2 N–H and O–H groups in total. The Morgan fingerprint density at radius 2 is 2.09 bits per heavy atom. The van der Waals surface area contributed by atoms with E-state index in [0.29, 0.717) is 6.42 Å². The SMILES string of the molecule is CCC(C)C(NC(=O)Cn1cc([N+](=O)[O-])ccc1=O)C(=O)O. The molecule has 9 heteroatoms. The van der Waals surface area contributed by atoms with Crippen molar-refractivity contribution in [1.29, 1.82) is 0 Å². The minimum Gasteiger partial charge on any atom is -0.480 e. The van der Waals surface area contributed by atoms with Crippen molar-refractivity contribution in [2.75, 3.05) is 0 Å². The van der Waals surface area contributed by atoms with Crippen LogP contribution in [0.4, 0.5) is 5.69 Å². The first-order chi connectivity index (χ1) is 10.3. The molecule has 9 nitrogen and oxygen atoms in total. The average Bonchev–Trinajstić information content (AvgIpc) is 2.45. The summed E-state index contributed by atoms with van der Waals surface area (Å²) < 4.78 is 0.864. The van der Waals surface area contributed by atoms with E-state index in [1.165, 1.54) is 0 Å². The van der Waals surface area contributed by atoms with Crippen LogP contribution in [0, 0.1) is 16.0 Å². The van der Waals surface area contributed by atoms with Crippen molar-refractivity contribution in [3.05, 3.63) is 38.8 Å². The van der Waals surface area contributed by atoms with Crippen LogP contribution < -0.4 is 10.9 Å². The number of aliphatic carboxylic acids is 1. The highest BCUT2D eigenvalue weighted by molar-refractivity contribution is 5.83. The highest BCUT2D eigenvalue weighted by Crippen LogP contribution is 2.09. The fraction of sp³-hybridized carbons (Fsp3) is 0.462. The predicted molar refractivity (Wildman–Crippen MR) is 76.4 cm³/mol. The van der Waals surface area contributed by atoms with Gasteiger partial charge in [-0.2, -0.15) is 0 Å². The number of rotatable bonds is 7. The smallest absolute Gasteiger partial charge is 0.326 e. The van der Waals surface area contributed by atoms with Crippen molar-refractivity contribution in [2.45, 2.75) is 32.9 Å². The van der Waals surface area contributed by atoms with E-state index in [1.54, 1.807) is 13.8 Å². The molecule has 0 aromatic carbocycles. The van der Waals surface area contributed by atoms with Gasteiger partial charge in [0.1, 0.15) is 12.6 Å². The Labute approximate surface area is 125 Å². The number of aromatic nitrogens is 1. The molecule has 0 spiro atoms. The highest BCUT2D eigenvalue weighted by atomic mass is 16.6. The van der Waals surface area contributed by atoms with Gasteiger partial charge in [-0.15, -0.1) is 0 Å². The van der Waals surface area contributed by atoms with E-state index in [4.69, 9.17) is 5.11 Å². The van der Waals surface area contributed by atoms with Crippen LogP contribution in [0.1, 0.15) is 20.3 Å². The lowest BCUT2D eigenvalue weighted by Crippen LogP contribution is -2.46. The third-order valence-electron chi connectivity index (χ3n) is 3.29. The Balaban J connectivity index is 2.88. The quantitative estimate of drug-likeness (QED) is 0.552. The normalized spacial score (nSPS) is 13.2. The fourth-order valence-corrected chi connectivity index (χ4v) is 1.81. The van der Waals surface area contributed by atoms with E-state index in [9.17, 15) is 24.5 Å². The van der Waals surface area contributed by atoms with Crippen molar-refractivity contribution < 1.29 is 19.6 Å². The van der Waals surface area contributed by atoms with Crippen LogP contribution in [0.25, 0.3) is 0 Å². The molecule has 0 aliphatic rings. The maximum Gasteiger partial charge on any atom is 0.326 e. The minimum atomic E-state index is -1.17. The van der Waals surface area contributed by atoms with Crippen LogP contribution in [0.5, 0.6) is 0 Å². The van der Waals surface area contributed by atoms with Gasteiger partial charge in [0.15, 0.2) is 0 Å². The van der Waals surface area contributed by atoms with Gasteiger partial charge in [0, 0.05) is 12.1 Å². The summed E-state index contributed by atoms with van der Waals surface area (Å²) in [7, 11) is 0. The second kappa shape index (κ2) is 7.34. The Kier molecular flexibility index (Phi) is 5.79. The van der Waals surface area contributed by atoms with E-state index in [1.807, 2.05) is 0 Å². The maximum absolute atomic E-state index is 11.9. The summed E-state index contributed by atoms with van der Waals surface area (Å²) in [5, 5.41) is 22.1. The number of nitro groups is 1. The standard InChI is InChI=1S/C13H17N3O6/c1-3-8(2)12(13(19)20)14-10(17)7-15-6-9(16(21)22)4-5-11(15)18/h4-6,8,12H,3,7H2,1-2H3,(H,14,17)(H,19,20). The summed E-state index contributed by atoms with van der Waals surface area (Å²) in [4.78, 5) is 44.6. The van der Waals surface area contributed by atoms with Gasteiger partial charge < -0.3 is 10.4 Å². The lowest BCUT2D eigenvalue weighted by Gasteiger charge is -2.20. The summed E-state index contributed by atoms with van der Waals surface area (Å²) in [6.45, 7) is 2.98. The lowest BCUT2D eigenvalue weighted by atomic mass is 9.99. The first kappa shape index (κ1) is 17.3. The summed E-state index contributed by atoms with van der Waals surface area (Å²) in [6.07, 6.45) is 1.49. The molecule has 0 bridgehead atoms. The van der Waals surface area contributed by atoms with Crippen LogP contribution in [0.2, 0.25) is 0 Å². The molecule has 0 saturated carbocycles. The van der Waals surface area contributed by atoms with Gasteiger partial charge in [0.25, 0.3) is 11.2 Å². The Hall–Kier alpha value is -2.71. The third-order valence-corrected chi connectivity index (χ3v) is 3.29. The van der Waals surface area contributed by atoms with Crippen LogP contribution in [-0.2, 0) is 16.1 Å². The molecule has 22 heavy (non-hydrogen) atoms. The molecule has 1 aromatic heterocycles. The number of carboxylic acids is 1. The van der Waals surface area contributed by atoms with Crippen LogP contribution >= 0.6 is 0 Å². The molecule has 1 rings (SSSR count). The number of carbonyl (C=O) groups excluding carboxylic acids is 1. The van der Waals surface area contributed by atoms with Crippen molar-refractivity contribution in [1.82, 2.24) is 9.88 Å². The van der Waals surface area contributed by atoms with Crippen molar-refractivity contribution in [2.24, 2.45) is 5.92 Å². The van der Waals surface area contributed by atoms with Gasteiger partial charge in [-0.05, 0) is 5.92 Å². The number of hydrogen-bond acceptors (Lipinski definition) is 5. The largest absolute Gasteiger partial charge is 0.480 e. The number of pyridine rings is 1. The number of carbonyl (C=O) groups is 2. The zero-order valence-corrected chi connectivity index (χ0v) is 12.2. The fourth-order valence-electron chi connectivity index (χ4n) is 1.81. The molecule has 0 aliphatic carbocycles. The molecule has 0 saturated heterocycles. The Morgan fingerprint density at radius 3 is 2.59 bits per heavy atom. The Morgan fingerprint density at radius 1 is 1.45 bits per heavy atom. The highest BCUT2D eigenvalue weighted by Gasteiger charge is 2.25. The first-order valence-corrected chi connectivity index (χ1v) is 6.63. The monoisotopic (exact) mass is 311 g/mol. The second-order valence-electron chi connectivity index (χ2n) is 4.88. The zero-order valence-electron chi connectivity index (χ0n) is 12.2. The molecule has 0 aliphatic heterocycles. The molecule has 1 amide bonds. The number of nitrogens with zero attached hydrogens (tertiary/aromatic N) is 2. The van der Waals surface area contributed by atoms with Gasteiger partial charge in [-0.1, -0.05) is 20.3 Å². The zero-order chi connectivity index (χ0) is 16.9. The van der Waals surface area contributed by atoms with Crippen molar-refractivity contribution in [3.63, 3.8) is 0 Å². The second-order valence-corrected chi connectivity index (χ2v) is 4.88. The van der Waals surface area contributed by atoms with Crippen LogP contribution in [-0.4, -0.2) is 32.5 Å². The van der Waals surface area contributed by atoms with Crippen molar-refractivity contribution in [3.8, 4) is 0 Å². The average molecular weight is 311 g/mol. The predicted octanol–water partition coefficient (Wildman–Crippen LogP) is 0.372. The van der Waals surface area contributed by atoms with Crippen molar-refractivity contribution >= 4 is 17.6 Å². The van der Waals surface area contributed by atoms with E-state index < -0.39 is 34.9 Å². The molecule has 0 radical (unpaired) electrons. The molecule has 1 aromatic rings. The molecule has 2 unspecified atom stereocenters. The number of hydrogen-bond donors (Lipinski definition) is 2. The minimum absolute atomic E-state index is 0.289. The molecule has 0 fully saturated rings. The molecule has 2 atom stereocenters. The van der Waals surface area contributed by atoms with Gasteiger partial charge in [0.05, 0.1) is 11.1 Å². The van der Waals surface area contributed by atoms with E-state index >= 15 is 0 Å². The van der Waals surface area contributed by atoms with E-state index in [-0.39, 0.29) is 11.6 Å². The van der Waals surface area contributed by atoms with Gasteiger partial charge >= 0.3 is 5.97 Å². The molecular formula is C13H17N3O6. The number of nitrogens with one attached hydrogen (secondary N) is 1. The molecule has 120 valence electrons. The summed E-state index contributed by atoms with van der Waals surface area (Å²) in [6, 6.07) is 0.942. The number of amides is 1. The first-order valence-electron chi connectivity index (χ1n) is 6.63. The summed E-state index contributed by atoms with van der Waals surface area (Å²) in [5.41, 5.74) is -0.916. The van der Waals surface area contributed by atoms with Gasteiger partial charge in [0.2, 0.25) is 5.91 Å². The molecular weight excluding hydrogens is 294 g/mol. The third kappa shape index (κ3) is 4.40. The molecule has 1 heterocycles. The van der Waals surface area contributed by atoms with Gasteiger partial charge in [-0.3, -0.25) is 24.3 Å². The van der Waals surface area contributed by atoms with Gasteiger partial charge in [-0.25, -0.2) is 4.79 Å². The Bertz CT molecular complexity index is 639. The number of carboxylic acid groups (broad SMARTS) is 1. The van der Waals surface area contributed by atoms with Crippen LogP contribution in [0.3, 0.4) is 0 Å². The van der Waals surface area contributed by atoms with E-state index in [0.717, 1.165) is 22.9 Å². The summed E-state index contributed by atoms with van der Waals surface area (Å²) in [5.74, 6) is -2.16. The maximum atomic E-state index is 11.9. The topological polar surface area (TPSA) is 132 Å².